The predicted octanol–water partition coefficient (Wildman–Crippen LogP) is 1.60. The van der Waals surface area contributed by atoms with Crippen LogP contribution >= 0.6 is 0 Å². The number of amides is 2. The number of carbonyl (C=O) groups excluding carboxylic acids is 1. The third-order valence-electron chi connectivity index (χ3n) is 4.76. The zero-order valence-corrected chi connectivity index (χ0v) is 14.9. The lowest BCUT2D eigenvalue weighted by atomic mass is 10.1. The zero-order chi connectivity index (χ0) is 17.2. The third kappa shape index (κ3) is 3.42. The molecule has 0 radical (unpaired) electrons. The Labute approximate surface area is 143 Å². The standard InChI is InChI=1S/C17H25N3O3S/c1-2-8-18-17(21)19-9-11-20(12-10-19)24(22,23)16-7-6-14-4-3-5-15(14)13-16/h6-7,13H,2-5,8-12H2,1H3,(H,18,21). The Kier molecular flexibility index (Phi) is 5.10. The molecule has 1 fully saturated rings. The van der Waals surface area contributed by atoms with Crippen molar-refractivity contribution in [2.45, 2.75) is 37.5 Å². The van der Waals surface area contributed by atoms with Crippen molar-refractivity contribution >= 4 is 16.1 Å². The number of rotatable bonds is 4. The quantitative estimate of drug-likeness (QED) is 0.896. The van der Waals surface area contributed by atoms with Crippen molar-refractivity contribution in [3.05, 3.63) is 29.3 Å². The number of urea groups is 1. The molecule has 2 aliphatic rings. The van der Waals surface area contributed by atoms with Crippen LogP contribution in [0.1, 0.15) is 30.9 Å². The van der Waals surface area contributed by atoms with Crippen LogP contribution in [0, 0.1) is 0 Å². The Balaban J connectivity index is 1.66. The molecule has 1 saturated heterocycles. The van der Waals surface area contributed by atoms with E-state index in [1.165, 1.54) is 9.87 Å². The third-order valence-corrected chi connectivity index (χ3v) is 6.65. The molecule has 132 valence electrons. The lowest BCUT2D eigenvalue weighted by Gasteiger charge is -2.34. The molecule has 0 bridgehead atoms. The molecule has 6 nitrogen and oxygen atoms in total. The number of piperazine rings is 1. The molecule has 1 N–H and O–H groups in total. The molecule has 1 heterocycles. The normalized spacial score (nSPS) is 18.5. The van der Waals surface area contributed by atoms with Crippen LogP contribution in [0.25, 0.3) is 0 Å². The first kappa shape index (κ1) is 17.2. The van der Waals surface area contributed by atoms with Crippen molar-refractivity contribution < 1.29 is 13.2 Å². The summed E-state index contributed by atoms with van der Waals surface area (Å²) >= 11 is 0. The molecule has 1 aromatic rings. The van der Waals surface area contributed by atoms with Gasteiger partial charge >= 0.3 is 6.03 Å². The Morgan fingerprint density at radius 1 is 1.12 bits per heavy atom. The Hall–Kier alpha value is -1.60. The Morgan fingerprint density at radius 2 is 1.83 bits per heavy atom. The van der Waals surface area contributed by atoms with Gasteiger partial charge in [-0.2, -0.15) is 4.31 Å². The molecule has 1 aromatic carbocycles. The second kappa shape index (κ2) is 7.11. The number of hydrogen-bond acceptors (Lipinski definition) is 3. The lowest BCUT2D eigenvalue weighted by Crippen LogP contribution is -2.53. The zero-order valence-electron chi connectivity index (χ0n) is 14.1. The van der Waals surface area contributed by atoms with Gasteiger partial charge in [-0.15, -0.1) is 0 Å². The van der Waals surface area contributed by atoms with Crippen LogP contribution in [0.4, 0.5) is 4.79 Å². The van der Waals surface area contributed by atoms with Crippen LogP contribution in [0.15, 0.2) is 23.1 Å². The van der Waals surface area contributed by atoms with E-state index in [0.717, 1.165) is 31.2 Å². The number of hydrogen-bond donors (Lipinski definition) is 1. The molecule has 0 saturated carbocycles. The van der Waals surface area contributed by atoms with Crippen LogP contribution < -0.4 is 5.32 Å². The number of aryl methyl sites for hydroxylation is 2. The summed E-state index contributed by atoms with van der Waals surface area (Å²) in [6, 6.07) is 5.40. The van der Waals surface area contributed by atoms with Gasteiger partial charge in [-0.3, -0.25) is 0 Å². The predicted molar refractivity (Wildman–Crippen MR) is 92.5 cm³/mol. The van der Waals surface area contributed by atoms with E-state index in [1.807, 2.05) is 19.1 Å². The second-order valence-corrected chi connectivity index (χ2v) is 8.35. The highest BCUT2D eigenvalue weighted by Gasteiger charge is 2.30. The maximum atomic E-state index is 12.8. The van der Waals surface area contributed by atoms with Crippen molar-refractivity contribution in [2.75, 3.05) is 32.7 Å². The summed E-state index contributed by atoms with van der Waals surface area (Å²) in [7, 11) is -3.47. The smallest absolute Gasteiger partial charge is 0.317 e. The number of nitrogens with one attached hydrogen (secondary N) is 1. The number of nitrogens with zero attached hydrogens (tertiary/aromatic N) is 2. The molecule has 1 aliphatic carbocycles. The lowest BCUT2D eigenvalue weighted by molar-refractivity contribution is 0.172. The minimum absolute atomic E-state index is 0.105. The summed E-state index contributed by atoms with van der Waals surface area (Å²) in [4.78, 5) is 14.0. The first-order chi connectivity index (χ1) is 11.5. The van der Waals surface area contributed by atoms with E-state index < -0.39 is 10.0 Å². The van der Waals surface area contributed by atoms with Crippen LogP contribution in [-0.4, -0.2) is 56.4 Å². The second-order valence-electron chi connectivity index (χ2n) is 6.41. The van der Waals surface area contributed by atoms with Crippen molar-refractivity contribution in [2.24, 2.45) is 0 Å². The van der Waals surface area contributed by atoms with Crippen LogP contribution in [0.3, 0.4) is 0 Å². The van der Waals surface area contributed by atoms with E-state index in [-0.39, 0.29) is 6.03 Å². The molecule has 0 atom stereocenters. The van der Waals surface area contributed by atoms with Gasteiger partial charge < -0.3 is 10.2 Å². The minimum Gasteiger partial charge on any atom is -0.338 e. The maximum absolute atomic E-state index is 12.8. The molecule has 24 heavy (non-hydrogen) atoms. The van der Waals surface area contributed by atoms with Gasteiger partial charge in [0.15, 0.2) is 0 Å². The number of benzene rings is 1. The maximum Gasteiger partial charge on any atom is 0.317 e. The Bertz CT molecular complexity index is 710. The van der Waals surface area contributed by atoms with Gasteiger partial charge in [0.05, 0.1) is 4.90 Å². The fraction of sp³-hybridized carbons (Fsp3) is 0.588. The van der Waals surface area contributed by atoms with E-state index >= 15 is 0 Å². The molecule has 0 aromatic heterocycles. The highest BCUT2D eigenvalue weighted by molar-refractivity contribution is 7.89. The minimum atomic E-state index is -3.47. The molecule has 0 spiro atoms. The van der Waals surface area contributed by atoms with E-state index in [0.29, 0.717) is 37.6 Å². The van der Waals surface area contributed by atoms with Gasteiger partial charge in [0.2, 0.25) is 10.0 Å². The average Bonchev–Trinajstić information content (AvgIpc) is 3.07. The highest BCUT2D eigenvalue weighted by atomic mass is 32.2. The summed E-state index contributed by atoms with van der Waals surface area (Å²) in [5, 5.41) is 2.83. The molecule has 2 amide bonds. The van der Waals surface area contributed by atoms with Gasteiger partial charge in [-0.1, -0.05) is 13.0 Å². The largest absolute Gasteiger partial charge is 0.338 e. The summed E-state index contributed by atoms with van der Waals surface area (Å²) in [6.07, 6.45) is 3.99. The van der Waals surface area contributed by atoms with Crippen molar-refractivity contribution in [3.63, 3.8) is 0 Å². The van der Waals surface area contributed by atoms with Crippen LogP contribution in [0.2, 0.25) is 0 Å². The van der Waals surface area contributed by atoms with Gasteiger partial charge in [0.1, 0.15) is 0 Å². The topological polar surface area (TPSA) is 69.7 Å². The fourth-order valence-corrected chi connectivity index (χ4v) is 4.81. The first-order valence-electron chi connectivity index (χ1n) is 8.67. The molecular weight excluding hydrogens is 326 g/mol. The molecule has 1 aliphatic heterocycles. The number of carbonyl (C=O) groups is 1. The van der Waals surface area contributed by atoms with Gasteiger partial charge in [0, 0.05) is 32.7 Å². The van der Waals surface area contributed by atoms with E-state index in [9.17, 15) is 13.2 Å². The van der Waals surface area contributed by atoms with Crippen LogP contribution in [0.5, 0.6) is 0 Å². The van der Waals surface area contributed by atoms with Gasteiger partial charge in [0.25, 0.3) is 0 Å². The van der Waals surface area contributed by atoms with Crippen molar-refractivity contribution in [3.8, 4) is 0 Å². The SMILES string of the molecule is CCCNC(=O)N1CCN(S(=O)(=O)c2ccc3c(c2)CCC3)CC1. The Morgan fingerprint density at radius 3 is 2.54 bits per heavy atom. The summed E-state index contributed by atoms with van der Waals surface area (Å²) < 4.78 is 27.2. The highest BCUT2D eigenvalue weighted by Crippen LogP contribution is 2.26. The first-order valence-corrected chi connectivity index (χ1v) is 10.1. The van der Waals surface area contributed by atoms with E-state index in [2.05, 4.69) is 5.32 Å². The molecule has 7 heteroatoms. The van der Waals surface area contributed by atoms with E-state index in [4.69, 9.17) is 0 Å². The molecule has 3 rings (SSSR count). The van der Waals surface area contributed by atoms with Crippen LogP contribution in [-0.2, 0) is 22.9 Å². The molecule has 0 unspecified atom stereocenters. The average molecular weight is 351 g/mol. The number of sulfonamides is 1. The monoisotopic (exact) mass is 351 g/mol. The van der Waals surface area contributed by atoms with E-state index in [1.54, 1.807) is 11.0 Å². The van der Waals surface area contributed by atoms with Crippen molar-refractivity contribution in [1.29, 1.82) is 0 Å². The number of fused-ring (bicyclic) bond motifs is 1. The summed E-state index contributed by atoms with van der Waals surface area (Å²) in [6.45, 7) is 4.20. The fourth-order valence-electron chi connectivity index (χ4n) is 3.33. The van der Waals surface area contributed by atoms with Crippen molar-refractivity contribution in [1.82, 2.24) is 14.5 Å². The summed E-state index contributed by atoms with van der Waals surface area (Å²) in [5.41, 5.74) is 2.43. The molecular formula is C17H25N3O3S. The van der Waals surface area contributed by atoms with Gasteiger partial charge in [-0.05, 0) is 48.9 Å². The van der Waals surface area contributed by atoms with Gasteiger partial charge in [-0.25, -0.2) is 13.2 Å². The summed E-state index contributed by atoms with van der Waals surface area (Å²) in [5.74, 6) is 0.